The smallest absolute Gasteiger partial charge is 0.239 e. The normalized spacial score (nSPS) is 10.9. The first-order chi connectivity index (χ1) is 10.7. The van der Waals surface area contributed by atoms with Gasteiger partial charge >= 0.3 is 0 Å². The maximum atomic E-state index is 11.8. The molecule has 0 aliphatic rings. The molecule has 0 radical (unpaired) electrons. The van der Waals surface area contributed by atoms with Gasteiger partial charge in [-0.1, -0.05) is 17.3 Å². The Bertz CT molecular complexity index is 777. The number of carbonyl (C=O) groups is 1. The Morgan fingerprint density at radius 1 is 1.36 bits per heavy atom. The predicted molar refractivity (Wildman–Crippen MR) is 79.7 cm³/mol. The van der Waals surface area contributed by atoms with Crippen LogP contribution in [0.4, 0.5) is 5.95 Å². The van der Waals surface area contributed by atoms with Crippen molar-refractivity contribution < 1.29 is 4.79 Å². The van der Waals surface area contributed by atoms with Crippen LogP contribution in [0.1, 0.15) is 12.2 Å². The minimum absolute atomic E-state index is 0.0490. The lowest BCUT2D eigenvalue weighted by Gasteiger charge is -2.04. The molecule has 0 saturated carbocycles. The molecule has 0 aliphatic carbocycles. The van der Waals surface area contributed by atoms with Crippen molar-refractivity contribution in [2.45, 2.75) is 19.4 Å². The zero-order valence-corrected chi connectivity index (χ0v) is 11.9. The zero-order valence-electron chi connectivity index (χ0n) is 11.9. The third kappa shape index (κ3) is 3.19. The quantitative estimate of drug-likeness (QED) is 0.582. The molecule has 114 valence electrons. The number of carbonyl (C=O) groups excluding carboxylic acids is 1. The summed E-state index contributed by atoms with van der Waals surface area (Å²) in [5, 5.41) is 17.3. The number of hydrogen-bond acceptors (Lipinski definition) is 6. The van der Waals surface area contributed by atoms with Crippen LogP contribution >= 0.6 is 0 Å². The molecule has 0 spiro atoms. The van der Waals surface area contributed by atoms with Crippen LogP contribution in [0.2, 0.25) is 0 Å². The van der Waals surface area contributed by atoms with Crippen molar-refractivity contribution in [3.8, 4) is 0 Å². The molecule has 3 rings (SSSR count). The summed E-state index contributed by atoms with van der Waals surface area (Å²) in [4.78, 5) is 15.8. The number of para-hydroxylation sites is 1. The van der Waals surface area contributed by atoms with Crippen LogP contribution in [0.15, 0.2) is 24.3 Å². The number of anilines is 1. The molecule has 4 N–H and O–H groups in total. The van der Waals surface area contributed by atoms with E-state index < -0.39 is 0 Å². The van der Waals surface area contributed by atoms with Crippen molar-refractivity contribution in [2.24, 2.45) is 0 Å². The number of aromatic amines is 1. The molecule has 9 heteroatoms. The first kappa shape index (κ1) is 14.0. The van der Waals surface area contributed by atoms with E-state index in [-0.39, 0.29) is 11.9 Å². The van der Waals surface area contributed by atoms with Crippen LogP contribution in [-0.2, 0) is 17.8 Å². The number of aryl methyl sites for hydroxylation is 1. The topological polar surface area (TPSA) is 127 Å². The largest absolute Gasteiger partial charge is 0.367 e. The number of amides is 1. The van der Waals surface area contributed by atoms with Gasteiger partial charge in [-0.3, -0.25) is 9.89 Å². The van der Waals surface area contributed by atoms with Crippen LogP contribution in [0.25, 0.3) is 11.0 Å². The van der Waals surface area contributed by atoms with Gasteiger partial charge in [0, 0.05) is 19.4 Å². The summed E-state index contributed by atoms with van der Waals surface area (Å²) in [5.74, 6) is 0.812. The molecule has 1 aromatic carbocycles. The molecule has 0 unspecified atom stereocenters. The first-order valence-corrected chi connectivity index (χ1v) is 6.94. The lowest BCUT2D eigenvalue weighted by molar-refractivity contribution is -0.121. The number of H-pyrrole nitrogens is 1. The number of benzene rings is 1. The van der Waals surface area contributed by atoms with Gasteiger partial charge in [-0.05, 0) is 12.1 Å². The molecule has 22 heavy (non-hydrogen) atoms. The van der Waals surface area contributed by atoms with E-state index in [0.717, 1.165) is 11.0 Å². The van der Waals surface area contributed by atoms with E-state index in [4.69, 9.17) is 5.73 Å². The molecule has 1 amide bonds. The van der Waals surface area contributed by atoms with Gasteiger partial charge in [-0.15, -0.1) is 10.2 Å². The van der Waals surface area contributed by atoms with Crippen molar-refractivity contribution >= 4 is 22.9 Å². The average Bonchev–Trinajstić information content (AvgIpc) is 3.11. The van der Waals surface area contributed by atoms with E-state index in [9.17, 15) is 4.79 Å². The van der Waals surface area contributed by atoms with Crippen LogP contribution in [0.5, 0.6) is 0 Å². The van der Waals surface area contributed by atoms with Gasteiger partial charge in [0.15, 0.2) is 0 Å². The maximum Gasteiger partial charge on any atom is 0.239 e. The average molecular weight is 300 g/mol. The van der Waals surface area contributed by atoms with Gasteiger partial charge in [0.1, 0.15) is 11.3 Å². The van der Waals surface area contributed by atoms with Gasteiger partial charge in [-0.25, -0.2) is 4.68 Å². The van der Waals surface area contributed by atoms with Crippen LogP contribution in [-0.4, -0.2) is 42.6 Å². The van der Waals surface area contributed by atoms with Crippen molar-refractivity contribution in [3.05, 3.63) is 30.1 Å². The van der Waals surface area contributed by atoms with Crippen molar-refractivity contribution in [3.63, 3.8) is 0 Å². The molecule has 0 saturated heterocycles. The Morgan fingerprint density at radius 2 is 2.23 bits per heavy atom. The monoisotopic (exact) mass is 300 g/mol. The van der Waals surface area contributed by atoms with Crippen molar-refractivity contribution in [2.75, 3.05) is 12.3 Å². The van der Waals surface area contributed by atoms with Crippen molar-refractivity contribution in [1.29, 1.82) is 0 Å². The molecular weight excluding hydrogens is 284 g/mol. The van der Waals surface area contributed by atoms with Gasteiger partial charge < -0.3 is 11.1 Å². The van der Waals surface area contributed by atoms with E-state index >= 15 is 0 Å². The highest BCUT2D eigenvalue weighted by Crippen LogP contribution is 2.09. The van der Waals surface area contributed by atoms with E-state index in [1.165, 1.54) is 0 Å². The van der Waals surface area contributed by atoms with Crippen LogP contribution < -0.4 is 11.1 Å². The third-order valence-corrected chi connectivity index (χ3v) is 3.20. The summed E-state index contributed by atoms with van der Waals surface area (Å²) in [7, 11) is 0. The fraction of sp³-hybridized carbons (Fsp3) is 0.308. The van der Waals surface area contributed by atoms with Gasteiger partial charge in [0.2, 0.25) is 11.9 Å². The summed E-state index contributed by atoms with van der Waals surface area (Å²) in [6, 6.07) is 7.65. The van der Waals surface area contributed by atoms with Gasteiger partial charge in [-0.2, -0.15) is 4.98 Å². The Kier molecular flexibility index (Phi) is 3.95. The van der Waals surface area contributed by atoms with E-state index in [2.05, 4.69) is 30.8 Å². The second kappa shape index (κ2) is 6.20. The SMILES string of the molecule is Nc1n[nH]c(CCNC(=O)CCn2nnc3ccccc32)n1. The summed E-state index contributed by atoms with van der Waals surface area (Å²) >= 11 is 0. The van der Waals surface area contributed by atoms with Crippen molar-refractivity contribution in [1.82, 2.24) is 35.5 Å². The van der Waals surface area contributed by atoms with Gasteiger partial charge in [0.05, 0.1) is 12.1 Å². The first-order valence-electron chi connectivity index (χ1n) is 6.94. The number of nitrogens with two attached hydrogens (primary N) is 1. The number of aromatic nitrogens is 6. The second-order valence-electron chi connectivity index (χ2n) is 4.79. The maximum absolute atomic E-state index is 11.8. The third-order valence-electron chi connectivity index (χ3n) is 3.20. The Hall–Kier alpha value is -2.97. The Morgan fingerprint density at radius 3 is 3.05 bits per heavy atom. The van der Waals surface area contributed by atoms with Gasteiger partial charge in [0.25, 0.3) is 0 Å². The number of nitrogens with one attached hydrogen (secondary N) is 2. The number of fused-ring (bicyclic) bond motifs is 1. The number of nitrogens with zero attached hydrogens (tertiary/aromatic N) is 5. The fourth-order valence-corrected chi connectivity index (χ4v) is 2.12. The second-order valence-corrected chi connectivity index (χ2v) is 4.79. The number of nitrogen functional groups attached to an aromatic ring is 1. The van der Waals surface area contributed by atoms with E-state index in [1.54, 1.807) is 4.68 Å². The zero-order chi connectivity index (χ0) is 15.4. The predicted octanol–water partition coefficient (Wildman–Crippen LogP) is -0.119. The minimum atomic E-state index is -0.0490. The summed E-state index contributed by atoms with van der Waals surface area (Å²) < 4.78 is 1.73. The Labute approximate surface area is 125 Å². The molecule has 0 fully saturated rings. The van der Waals surface area contributed by atoms with Crippen LogP contribution in [0, 0.1) is 0 Å². The minimum Gasteiger partial charge on any atom is -0.367 e. The summed E-state index contributed by atoms with van der Waals surface area (Å²) in [6.07, 6.45) is 0.897. The summed E-state index contributed by atoms with van der Waals surface area (Å²) in [5.41, 5.74) is 7.15. The lowest BCUT2D eigenvalue weighted by atomic mass is 10.3. The molecule has 0 atom stereocenters. The summed E-state index contributed by atoms with van der Waals surface area (Å²) in [6.45, 7) is 0.965. The number of rotatable bonds is 6. The molecule has 2 heterocycles. The molecule has 3 aromatic rings. The van der Waals surface area contributed by atoms with E-state index in [0.29, 0.717) is 31.8 Å². The highest BCUT2D eigenvalue weighted by molar-refractivity contribution is 5.77. The fourth-order valence-electron chi connectivity index (χ4n) is 2.12. The molecule has 9 nitrogen and oxygen atoms in total. The van der Waals surface area contributed by atoms with E-state index in [1.807, 2.05) is 24.3 Å². The lowest BCUT2D eigenvalue weighted by Crippen LogP contribution is -2.27. The highest BCUT2D eigenvalue weighted by atomic mass is 16.1. The standard InChI is InChI=1S/C13H16N8O/c14-13-16-11(18-19-13)5-7-15-12(22)6-8-21-10-4-2-1-3-9(10)17-20-21/h1-4H,5-8H2,(H,15,22)(H3,14,16,18,19). The van der Waals surface area contributed by atoms with Crippen LogP contribution in [0.3, 0.4) is 0 Å². The number of hydrogen-bond donors (Lipinski definition) is 3. The highest BCUT2D eigenvalue weighted by Gasteiger charge is 2.07. The molecule has 2 aromatic heterocycles. The molecular formula is C13H16N8O. The molecule has 0 bridgehead atoms. The molecule has 0 aliphatic heterocycles. The Balaban J connectivity index is 1.46.